The fourth-order valence-electron chi connectivity index (χ4n) is 3.13. The first kappa shape index (κ1) is 18.6. The molecular weight excluding hydrogens is 362 g/mol. The van der Waals surface area contributed by atoms with Gasteiger partial charge in [0.05, 0.1) is 6.04 Å². The van der Waals surface area contributed by atoms with Crippen molar-refractivity contribution in [1.29, 1.82) is 0 Å². The van der Waals surface area contributed by atoms with E-state index in [-0.39, 0.29) is 11.9 Å². The van der Waals surface area contributed by atoms with E-state index in [4.69, 9.17) is 4.42 Å². The van der Waals surface area contributed by atoms with Crippen molar-refractivity contribution in [3.63, 3.8) is 0 Å². The highest BCUT2D eigenvalue weighted by Gasteiger charge is 2.14. The summed E-state index contributed by atoms with van der Waals surface area (Å²) in [6.45, 7) is 3.97. The van der Waals surface area contributed by atoms with Gasteiger partial charge in [-0.3, -0.25) is 4.79 Å². The summed E-state index contributed by atoms with van der Waals surface area (Å²) in [5.74, 6) is 0.781. The number of nitrogens with zero attached hydrogens (tertiary/aromatic N) is 2. The van der Waals surface area contributed by atoms with Crippen LogP contribution in [0, 0.1) is 6.92 Å². The zero-order chi connectivity index (χ0) is 20.2. The highest BCUT2D eigenvalue weighted by Crippen LogP contribution is 2.26. The molecule has 0 saturated heterocycles. The molecule has 1 atom stereocenters. The van der Waals surface area contributed by atoms with Crippen molar-refractivity contribution >= 4 is 5.91 Å². The molecule has 0 spiro atoms. The van der Waals surface area contributed by atoms with Crippen molar-refractivity contribution in [1.82, 2.24) is 15.5 Å². The van der Waals surface area contributed by atoms with Crippen LogP contribution < -0.4 is 5.32 Å². The maximum atomic E-state index is 12.5. The molecule has 0 aliphatic carbocycles. The van der Waals surface area contributed by atoms with Gasteiger partial charge in [-0.2, -0.15) is 0 Å². The van der Waals surface area contributed by atoms with Crippen LogP contribution in [-0.2, 0) is 0 Å². The molecule has 5 heteroatoms. The lowest BCUT2D eigenvalue weighted by Crippen LogP contribution is -2.26. The minimum absolute atomic E-state index is 0.0732. The van der Waals surface area contributed by atoms with Gasteiger partial charge in [-0.25, -0.2) is 0 Å². The minimum Gasteiger partial charge on any atom is -0.416 e. The summed E-state index contributed by atoms with van der Waals surface area (Å²) in [4.78, 5) is 12.5. The molecule has 1 amide bonds. The average molecular weight is 383 g/mol. The van der Waals surface area contributed by atoms with Crippen LogP contribution in [0.15, 0.2) is 83.3 Å². The Morgan fingerprint density at radius 2 is 1.52 bits per heavy atom. The quantitative estimate of drug-likeness (QED) is 0.514. The Hall–Kier alpha value is -3.73. The fourth-order valence-corrected chi connectivity index (χ4v) is 3.13. The molecule has 3 aromatic carbocycles. The van der Waals surface area contributed by atoms with Crippen LogP contribution in [0.5, 0.6) is 0 Å². The molecule has 4 rings (SSSR count). The van der Waals surface area contributed by atoms with E-state index in [1.54, 1.807) is 12.1 Å². The summed E-state index contributed by atoms with van der Waals surface area (Å²) >= 11 is 0. The largest absolute Gasteiger partial charge is 0.416 e. The molecule has 0 unspecified atom stereocenters. The molecule has 4 aromatic rings. The van der Waals surface area contributed by atoms with Crippen LogP contribution in [0.4, 0.5) is 0 Å². The minimum atomic E-state index is -0.126. The summed E-state index contributed by atoms with van der Waals surface area (Å²) in [6.07, 6.45) is 0. The first-order chi connectivity index (χ1) is 14.1. The number of carbonyl (C=O) groups is 1. The first-order valence-corrected chi connectivity index (χ1v) is 9.47. The Labute approximate surface area is 169 Å². The van der Waals surface area contributed by atoms with Gasteiger partial charge in [-0.1, -0.05) is 48.5 Å². The number of aryl methyl sites for hydroxylation is 1. The molecule has 144 valence electrons. The number of benzene rings is 3. The lowest BCUT2D eigenvalue weighted by molar-refractivity contribution is 0.0940. The van der Waals surface area contributed by atoms with Crippen molar-refractivity contribution in [2.24, 2.45) is 0 Å². The predicted molar refractivity (Wildman–Crippen MR) is 112 cm³/mol. The van der Waals surface area contributed by atoms with Gasteiger partial charge < -0.3 is 9.73 Å². The van der Waals surface area contributed by atoms with E-state index in [2.05, 4.69) is 15.5 Å². The van der Waals surface area contributed by atoms with E-state index in [0.717, 1.165) is 22.3 Å². The van der Waals surface area contributed by atoms with Crippen LogP contribution in [-0.4, -0.2) is 16.1 Å². The van der Waals surface area contributed by atoms with E-state index in [9.17, 15) is 4.79 Å². The van der Waals surface area contributed by atoms with Crippen LogP contribution in [0.3, 0.4) is 0 Å². The van der Waals surface area contributed by atoms with Crippen LogP contribution in [0.25, 0.3) is 22.9 Å². The van der Waals surface area contributed by atoms with E-state index in [1.165, 1.54) is 0 Å². The first-order valence-electron chi connectivity index (χ1n) is 9.47. The number of aromatic nitrogens is 2. The maximum absolute atomic E-state index is 12.5. The van der Waals surface area contributed by atoms with Crippen LogP contribution in [0.1, 0.15) is 34.5 Å². The Bertz CT molecular complexity index is 1120. The summed E-state index contributed by atoms with van der Waals surface area (Å²) < 4.78 is 5.84. The molecule has 1 heterocycles. The standard InChI is InChI=1S/C24H21N3O2/c1-16-8-6-7-11-21(16)24-27-26-23(29-24)20-14-12-19(13-15-20)22(28)25-17(2)18-9-4-3-5-10-18/h3-15,17H,1-2H3,(H,25,28)/t17-/m0/s1. The Kier molecular flexibility index (Phi) is 5.20. The van der Waals surface area contributed by atoms with Gasteiger partial charge in [-0.05, 0) is 55.3 Å². The molecule has 0 saturated carbocycles. The third-order valence-corrected chi connectivity index (χ3v) is 4.84. The normalized spacial score (nSPS) is 11.8. The van der Waals surface area contributed by atoms with Crippen molar-refractivity contribution in [2.45, 2.75) is 19.9 Å². The smallest absolute Gasteiger partial charge is 0.251 e. The average Bonchev–Trinajstić information content (AvgIpc) is 3.25. The topological polar surface area (TPSA) is 68.0 Å². The number of nitrogens with one attached hydrogen (secondary N) is 1. The van der Waals surface area contributed by atoms with Gasteiger partial charge in [0, 0.05) is 16.7 Å². The monoisotopic (exact) mass is 383 g/mol. The Morgan fingerprint density at radius 3 is 2.24 bits per heavy atom. The predicted octanol–water partition coefficient (Wildman–Crippen LogP) is 5.20. The number of carbonyl (C=O) groups excluding carboxylic acids is 1. The second-order valence-corrected chi connectivity index (χ2v) is 6.91. The third-order valence-electron chi connectivity index (χ3n) is 4.84. The van der Waals surface area contributed by atoms with Gasteiger partial charge in [0.15, 0.2) is 0 Å². The van der Waals surface area contributed by atoms with Crippen molar-refractivity contribution in [3.05, 3.63) is 95.6 Å². The Balaban J connectivity index is 1.48. The summed E-state index contributed by atoms with van der Waals surface area (Å²) in [5, 5.41) is 11.3. The highest BCUT2D eigenvalue weighted by molar-refractivity contribution is 5.94. The third kappa shape index (κ3) is 4.09. The van der Waals surface area contributed by atoms with E-state index in [1.807, 2.05) is 80.6 Å². The van der Waals surface area contributed by atoms with Crippen LogP contribution >= 0.6 is 0 Å². The fraction of sp³-hybridized carbons (Fsp3) is 0.125. The molecule has 0 radical (unpaired) electrons. The molecule has 0 aliphatic rings. The molecule has 5 nitrogen and oxygen atoms in total. The lowest BCUT2D eigenvalue weighted by Gasteiger charge is -2.14. The van der Waals surface area contributed by atoms with Crippen molar-refractivity contribution in [2.75, 3.05) is 0 Å². The summed E-state index contributed by atoms with van der Waals surface area (Å²) in [5.41, 5.74) is 4.40. The summed E-state index contributed by atoms with van der Waals surface area (Å²) in [6, 6.07) is 24.8. The molecule has 1 N–H and O–H groups in total. The van der Waals surface area contributed by atoms with Gasteiger partial charge >= 0.3 is 0 Å². The summed E-state index contributed by atoms with van der Waals surface area (Å²) in [7, 11) is 0. The van der Waals surface area contributed by atoms with Gasteiger partial charge in [0.2, 0.25) is 11.8 Å². The zero-order valence-corrected chi connectivity index (χ0v) is 16.3. The maximum Gasteiger partial charge on any atom is 0.251 e. The zero-order valence-electron chi connectivity index (χ0n) is 16.3. The highest BCUT2D eigenvalue weighted by atomic mass is 16.4. The van der Waals surface area contributed by atoms with Gasteiger partial charge in [0.1, 0.15) is 0 Å². The second kappa shape index (κ2) is 8.10. The number of hydrogen-bond donors (Lipinski definition) is 1. The number of hydrogen-bond acceptors (Lipinski definition) is 4. The molecule has 0 fully saturated rings. The van der Waals surface area contributed by atoms with Crippen molar-refractivity contribution < 1.29 is 9.21 Å². The molecule has 0 bridgehead atoms. The van der Waals surface area contributed by atoms with Crippen molar-refractivity contribution in [3.8, 4) is 22.9 Å². The molecular formula is C24H21N3O2. The van der Waals surface area contributed by atoms with Crippen LogP contribution in [0.2, 0.25) is 0 Å². The molecule has 29 heavy (non-hydrogen) atoms. The van der Waals surface area contributed by atoms with Gasteiger partial charge in [-0.15, -0.1) is 10.2 Å². The van der Waals surface area contributed by atoms with Gasteiger partial charge in [0.25, 0.3) is 5.91 Å². The Morgan fingerprint density at radius 1 is 0.862 bits per heavy atom. The molecule has 0 aliphatic heterocycles. The lowest BCUT2D eigenvalue weighted by atomic mass is 10.1. The number of amides is 1. The van der Waals surface area contributed by atoms with E-state index in [0.29, 0.717) is 17.3 Å². The SMILES string of the molecule is Cc1ccccc1-c1nnc(-c2ccc(C(=O)N[C@@H](C)c3ccccc3)cc2)o1. The van der Waals surface area contributed by atoms with E-state index >= 15 is 0 Å². The second-order valence-electron chi connectivity index (χ2n) is 6.91. The van der Waals surface area contributed by atoms with E-state index < -0.39 is 0 Å². The molecule has 1 aromatic heterocycles. The number of rotatable bonds is 5.